The highest BCUT2D eigenvalue weighted by Crippen LogP contribution is 2.13. The third kappa shape index (κ3) is 4.77. The van der Waals surface area contributed by atoms with Crippen molar-refractivity contribution in [3.05, 3.63) is 29.6 Å². The van der Waals surface area contributed by atoms with E-state index in [9.17, 15) is 9.18 Å². The maximum absolute atomic E-state index is 13.4. The van der Waals surface area contributed by atoms with Crippen LogP contribution in [0.3, 0.4) is 0 Å². The number of thiol groups is 1. The van der Waals surface area contributed by atoms with Gasteiger partial charge in [0.15, 0.2) is 0 Å². The van der Waals surface area contributed by atoms with Crippen LogP contribution in [0.5, 0.6) is 0 Å². The van der Waals surface area contributed by atoms with Gasteiger partial charge in [0.25, 0.3) is 5.91 Å². The highest BCUT2D eigenvalue weighted by molar-refractivity contribution is 7.80. The third-order valence-corrected chi connectivity index (χ3v) is 2.72. The molecule has 0 aliphatic rings. The molecule has 1 aromatic rings. The molecule has 1 rings (SSSR count). The van der Waals surface area contributed by atoms with E-state index in [1.54, 1.807) is 0 Å². The standard InChI is InChI=1S/C13H18FNOS/c1-9(2)4-3-7-15-13(16)11-8-10(17)5-6-12(11)14/h5-6,8-9,17H,3-4,7H2,1-2H3,(H,15,16). The van der Waals surface area contributed by atoms with Gasteiger partial charge in [0.1, 0.15) is 5.82 Å². The summed E-state index contributed by atoms with van der Waals surface area (Å²) in [6, 6.07) is 4.22. The summed E-state index contributed by atoms with van der Waals surface area (Å²) in [6.07, 6.45) is 1.96. The maximum atomic E-state index is 13.4. The smallest absolute Gasteiger partial charge is 0.254 e. The Morgan fingerprint density at radius 3 is 2.82 bits per heavy atom. The molecule has 0 unspecified atom stereocenters. The van der Waals surface area contributed by atoms with Crippen molar-refractivity contribution in [2.75, 3.05) is 6.54 Å². The van der Waals surface area contributed by atoms with Crippen LogP contribution in [0.25, 0.3) is 0 Å². The molecule has 0 spiro atoms. The molecule has 2 nitrogen and oxygen atoms in total. The van der Waals surface area contributed by atoms with Gasteiger partial charge < -0.3 is 5.32 Å². The van der Waals surface area contributed by atoms with Crippen molar-refractivity contribution in [1.82, 2.24) is 5.32 Å². The van der Waals surface area contributed by atoms with Crippen LogP contribution in [0.15, 0.2) is 23.1 Å². The van der Waals surface area contributed by atoms with Crippen molar-refractivity contribution in [3.63, 3.8) is 0 Å². The van der Waals surface area contributed by atoms with E-state index < -0.39 is 5.82 Å². The van der Waals surface area contributed by atoms with Crippen LogP contribution in [0, 0.1) is 11.7 Å². The quantitative estimate of drug-likeness (QED) is 0.613. The van der Waals surface area contributed by atoms with Crippen LogP contribution < -0.4 is 5.32 Å². The van der Waals surface area contributed by atoms with E-state index in [1.807, 2.05) is 0 Å². The fraction of sp³-hybridized carbons (Fsp3) is 0.462. The Balaban J connectivity index is 2.49. The van der Waals surface area contributed by atoms with Crippen molar-refractivity contribution >= 4 is 18.5 Å². The molecule has 0 aromatic heterocycles. The summed E-state index contributed by atoms with van der Waals surface area (Å²) in [5.74, 6) is -0.268. The molecule has 17 heavy (non-hydrogen) atoms. The predicted molar refractivity (Wildman–Crippen MR) is 70.1 cm³/mol. The fourth-order valence-corrected chi connectivity index (χ4v) is 1.70. The molecule has 4 heteroatoms. The van der Waals surface area contributed by atoms with Gasteiger partial charge in [0, 0.05) is 11.4 Å². The van der Waals surface area contributed by atoms with Gasteiger partial charge in [0.2, 0.25) is 0 Å². The van der Waals surface area contributed by atoms with Gasteiger partial charge in [-0.1, -0.05) is 13.8 Å². The summed E-state index contributed by atoms with van der Waals surface area (Å²) in [7, 11) is 0. The average Bonchev–Trinajstić information content (AvgIpc) is 2.27. The van der Waals surface area contributed by atoms with Crippen molar-refractivity contribution in [2.24, 2.45) is 5.92 Å². The number of nitrogens with one attached hydrogen (secondary N) is 1. The Hall–Kier alpha value is -1.03. The van der Waals surface area contributed by atoms with Crippen LogP contribution in [-0.4, -0.2) is 12.5 Å². The van der Waals surface area contributed by atoms with E-state index in [0.717, 1.165) is 12.8 Å². The number of carbonyl (C=O) groups excluding carboxylic acids is 1. The molecule has 94 valence electrons. The first-order valence-corrected chi connectivity index (χ1v) is 6.22. The molecule has 0 aliphatic carbocycles. The second-order valence-corrected chi connectivity index (χ2v) is 4.97. The fourth-order valence-electron chi connectivity index (χ4n) is 1.49. The molecule has 1 N–H and O–H groups in total. The number of carbonyl (C=O) groups is 1. The normalized spacial score (nSPS) is 10.6. The number of hydrogen-bond donors (Lipinski definition) is 2. The molecule has 0 radical (unpaired) electrons. The van der Waals surface area contributed by atoms with Crippen molar-refractivity contribution in [3.8, 4) is 0 Å². The first kappa shape index (κ1) is 14.0. The summed E-state index contributed by atoms with van der Waals surface area (Å²) < 4.78 is 13.4. The lowest BCUT2D eigenvalue weighted by Crippen LogP contribution is -2.25. The Morgan fingerprint density at radius 1 is 1.47 bits per heavy atom. The molecule has 0 fully saturated rings. The zero-order valence-corrected chi connectivity index (χ0v) is 11.1. The Bertz CT molecular complexity index is 393. The summed E-state index contributed by atoms with van der Waals surface area (Å²) in [6.45, 7) is 4.84. The molecule has 1 aromatic carbocycles. The van der Waals surface area contributed by atoms with Crippen LogP contribution in [-0.2, 0) is 0 Å². The lowest BCUT2D eigenvalue weighted by atomic mass is 10.1. The van der Waals surface area contributed by atoms with Gasteiger partial charge in [-0.2, -0.15) is 0 Å². The number of amides is 1. The first-order chi connectivity index (χ1) is 8.00. The highest BCUT2D eigenvalue weighted by Gasteiger charge is 2.11. The second kappa shape index (κ2) is 6.64. The minimum atomic E-state index is -0.510. The van der Waals surface area contributed by atoms with Crippen LogP contribution in [0.4, 0.5) is 4.39 Å². The lowest BCUT2D eigenvalue weighted by molar-refractivity contribution is 0.0948. The summed E-state index contributed by atoms with van der Waals surface area (Å²) in [5.41, 5.74) is 0.0575. The topological polar surface area (TPSA) is 29.1 Å². The second-order valence-electron chi connectivity index (χ2n) is 4.46. The molecule has 0 bridgehead atoms. The van der Waals surface area contributed by atoms with Crippen molar-refractivity contribution in [1.29, 1.82) is 0 Å². The molecular formula is C13H18FNOS. The zero-order chi connectivity index (χ0) is 12.8. The summed E-state index contributed by atoms with van der Waals surface area (Å²) in [5, 5.41) is 2.71. The molecule has 0 aliphatic heterocycles. The van der Waals surface area contributed by atoms with E-state index in [2.05, 4.69) is 31.8 Å². The van der Waals surface area contributed by atoms with Gasteiger partial charge in [0.05, 0.1) is 5.56 Å². The molecule has 1 amide bonds. The molecule has 0 saturated carbocycles. The Labute approximate surface area is 107 Å². The molecule has 0 heterocycles. The minimum Gasteiger partial charge on any atom is -0.352 e. The Morgan fingerprint density at radius 2 is 2.18 bits per heavy atom. The van der Waals surface area contributed by atoms with Crippen molar-refractivity contribution < 1.29 is 9.18 Å². The number of hydrogen-bond acceptors (Lipinski definition) is 2. The summed E-state index contributed by atoms with van der Waals surface area (Å²) >= 11 is 4.09. The van der Waals surface area contributed by atoms with Gasteiger partial charge in [-0.25, -0.2) is 4.39 Å². The largest absolute Gasteiger partial charge is 0.352 e. The van der Waals surface area contributed by atoms with E-state index in [1.165, 1.54) is 18.2 Å². The number of benzene rings is 1. The summed E-state index contributed by atoms with van der Waals surface area (Å²) in [4.78, 5) is 12.3. The van der Waals surface area contributed by atoms with Crippen LogP contribution in [0.1, 0.15) is 37.0 Å². The monoisotopic (exact) mass is 255 g/mol. The van der Waals surface area contributed by atoms with Gasteiger partial charge in [-0.3, -0.25) is 4.79 Å². The minimum absolute atomic E-state index is 0.0575. The van der Waals surface area contributed by atoms with Gasteiger partial charge in [-0.05, 0) is 37.0 Å². The molecular weight excluding hydrogens is 237 g/mol. The predicted octanol–water partition coefficient (Wildman–Crippen LogP) is 3.28. The van der Waals surface area contributed by atoms with Crippen LogP contribution in [0.2, 0.25) is 0 Å². The van der Waals surface area contributed by atoms with E-state index in [0.29, 0.717) is 17.4 Å². The van der Waals surface area contributed by atoms with Gasteiger partial charge in [-0.15, -0.1) is 12.6 Å². The molecule has 0 atom stereocenters. The number of halogens is 1. The van der Waals surface area contributed by atoms with Crippen LogP contribution >= 0.6 is 12.6 Å². The zero-order valence-electron chi connectivity index (χ0n) is 10.2. The molecule has 0 saturated heterocycles. The average molecular weight is 255 g/mol. The van der Waals surface area contributed by atoms with Gasteiger partial charge >= 0.3 is 0 Å². The lowest BCUT2D eigenvalue weighted by Gasteiger charge is -2.08. The first-order valence-electron chi connectivity index (χ1n) is 5.77. The van der Waals surface area contributed by atoms with E-state index >= 15 is 0 Å². The third-order valence-electron chi connectivity index (χ3n) is 2.44. The number of rotatable bonds is 5. The highest BCUT2D eigenvalue weighted by atomic mass is 32.1. The maximum Gasteiger partial charge on any atom is 0.254 e. The van der Waals surface area contributed by atoms with E-state index in [4.69, 9.17) is 0 Å². The van der Waals surface area contributed by atoms with E-state index in [-0.39, 0.29) is 11.5 Å². The van der Waals surface area contributed by atoms with Crippen molar-refractivity contribution in [2.45, 2.75) is 31.6 Å². The Kier molecular flexibility index (Phi) is 5.48. The SMILES string of the molecule is CC(C)CCCNC(=O)c1cc(S)ccc1F.